The Morgan fingerprint density at radius 3 is 2.38 bits per heavy atom. The highest BCUT2D eigenvalue weighted by Crippen LogP contribution is 2.43. The largest absolute Gasteiger partial charge is 0.481 e. The van der Waals surface area contributed by atoms with E-state index in [-0.39, 0.29) is 5.54 Å². The van der Waals surface area contributed by atoms with E-state index in [1.165, 1.54) is 5.70 Å². The van der Waals surface area contributed by atoms with Gasteiger partial charge in [-0.1, -0.05) is 19.1 Å². The first-order valence-electron chi connectivity index (χ1n) is 8.02. The molecule has 0 spiro atoms. The smallest absolute Gasteiger partial charge is 0.309 e. The third kappa shape index (κ3) is 3.57. The van der Waals surface area contributed by atoms with Crippen LogP contribution in [0.15, 0.2) is 23.9 Å². The normalized spacial score (nSPS) is 33.9. The first-order valence-corrected chi connectivity index (χ1v) is 8.02. The summed E-state index contributed by atoms with van der Waals surface area (Å²) in [6, 6.07) is 0. The lowest BCUT2D eigenvalue weighted by molar-refractivity contribution is -0.920. The van der Waals surface area contributed by atoms with Crippen molar-refractivity contribution < 1.29 is 14.4 Å². The van der Waals surface area contributed by atoms with E-state index in [9.17, 15) is 9.90 Å². The van der Waals surface area contributed by atoms with E-state index in [1.807, 2.05) is 6.92 Å². The Kier molecular flexibility index (Phi) is 5.43. The number of quaternary nitrogens is 1. The molecule has 1 N–H and O–H groups in total. The summed E-state index contributed by atoms with van der Waals surface area (Å²) in [6.45, 7) is 11.6. The Morgan fingerprint density at radius 2 is 1.86 bits per heavy atom. The first-order chi connectivity index (χ1) is 9.59. The second-order valence-electron chi connectivity index (χ2n) is 7.49. The highest BCUT2D eigenvalue weighted by atomic mass is 16.4. The van der Waals surface area contributed by atoms with E-state index < -0.39 is 11.4 Å². The zero-order chi connectivity index (χ0) is 16.3. The van der Waals surface area contributed by atoms with E-state index in [4.69, 9.17) is 0 Å². The Labute approximate surface area is 129 Å². The molecule has 1 fully saturated rings. The summed E-state index contributed by atoms with van der Waals surface area (Å²) in [6.07, 6.45) is 9.90. The Bertz CT molecular complexity index is 450. The van der Waals surface area contributed by atoms with Gasteiger partial charge in [0.2, 0.25) is 0 Å². The fourth-order valence-corrected chi connectivity index (χ4v) is 3.10. The Balaban J connectivity index is 3.12. The molecule has 0 radical (unpaired) electrons. The van der Waals surface area contributed by atoms with Crippen LogP contribution in [0.5, 0.6) is 0 Å². The van der Waals surface area contributed by atoms with Gasteiger partial charge in [-0.15, -0.1) is 0 Å². The van der Waals surface area contributed by atoms with Crippen molar-refractivity contribution in [1.82, 2.24) is 0 Å². The highest BCUT2D eigenvalue weighted by Gasteiger charge is 2.49. The lowest BCUT2D eigenvalue weighted by Gasteiger charge is -2.46. The van der Waals surface area contributed by atoms with Crippen LogP contribution in [-0.2, 0) is 4.79 Å². The lowest BCUT2D eigenvalue weighted by atomic mass is 9.81. The molecule has 0 amide bonds. The quantitative estimate of drug-likeness (QED) is 0.618. The Hall–Kier alpha value is -1.09. The number of carboxylic acid groups (broad SMARTS) is 1. The minimum Gasteiger partial charge on any atom is -0.481 e. The van der Waals surface area contributed by atoms with Crippen molar-refractivity contribution in [3.63, 3.8) is 0 Å². The number of nitrogens with zero attached hydrogens (tertiary/aromatic N) is 1. The van der Waals surface area contributed by atoms with Gasteiger partial charge in [-0.25, -0.2) is 0 Å². The SMILES string of the molecule is CC/C=C\C=C(/C)[N+]1(C)CCC(C)(C(=O)O)CCC1(C)C. The molecule has 1 aliphatic rings. The van der Waals surface area contributed by atoms with Gasteiger partial charge in [-0.05, 0) is 39.7 Å². The molecule has 0 aromatic carbocycles. The van der Waals surface area contributed by atoms with Crippen molar-refractivity contribution in [2.24, 2.45) is 5.41 Å². The van der Waals surface area contributed by atoms with E-state index in [1.54, 1.807) is 0 Å². The monoisotopic (exact) mass is 294 g/mol. The molecule has 21 heavy (non-hydrogen) atoms. The molecule has 0 saturated carbocycles. The number of hydrogen-bond acceptors (Lipinski definition) is 1. The maximum Gasteiger partial charge on any atom is 0.309 e. The van der Waals surface area contributed by atoms with Crippen LogP contribution >= 0.6 is 0 Å². The first kappa shape index (κ1) is 18.0. The molecule has 0 aromatic rings. The van der Waals surface area contributed by atoms with Crippen molar-refractivity contribution in [2.75, 3.05) is 13.6 Å². The van der Waals surface area contributed by atoms with Crippen molar-refractivity contribution in [2.45, 2.75) is 65.8 Å². The van der Waals surface area contributed by atoms with Gasteiger partial charge in [0.05, 0.1) is 24.5 Å². The predicted molar refractivity (Wildman–Crippen MR) is 87.9 cm³/mol. The van der Waals surface area contributed by atoms with Crippen LogP contribution in [-0.4, -0.2) is 34.7 Å². The van der Waals surface area contributed by atoms with Crippen LogP contribution in [0.1, 0.15) is 60.3 Å². The van der Waals surface area contributed by atoms with Crippen molar-refractivity contribution in [1.29, 1.82) is 0 Å². The third-order valence-corrected chi connectivity index (χ3v) is 5.74. The van der Waals surface area contributed by atoms with Crippen LogP contribution in [0, 0.1) is 5.41 Å². The highest BCUT2D eigenvalue weighted by molar-refractivity contribution is 5.74. The van der Waals surface area contributed by atoms with Gasteiger partial charge >= 0.3 is 5.97 Å². The van der Waals surface area contributed by atoms with Gasteiger partial charge in [-0.3, -0.25) is 9.28 Å². The lowest BCUT2D eigenvalue weighted by Crippen LogP contribution is -2.57. The van der Waals surface area contributed by atoms with Crippen LogP contribution in [0.4, 0.5) is 0 Å². The fraction of sp³-hybridized carbons (Fsp3) is 0.722. The average Bonchev–Trinajstić information content (AvgIpc) is 2.50. The molecule has 1 saturated heterocycles. The molecule has 0 bridgehead atoms. The Morgan fingerprint density at radius 1 is 1.24 bits per heavy atom. The summed E-state index contributed by atoms with van der Waals surface area (Å²) in [5.41, 5.74) is 0.764. The minimum atomic E-state index is -0.653. The van der Waals surface area contributed by atoms with Gasteiger partial charge in [-0.2, -0.15) is 0 Å². The van der Waals surface area contributed by atoms with Crippen molar-refractivity contribution in [3.05, 3.63) is 23.9 Å². The number of rotatable bonds is 4. The number of likely N-dealkylation sites (tertiary alicyclic amines) is 1. The van der Waals surface area contributed by atoms with Gasteiger partial charge < -0.3 is 5.11 Å². The topological polar surface area (TPSA) is 37.3 Å². The molecular formula is C18H32NO2+. The van der Waals surface area contributed by atoms with Gasteiger partial charge in [0.15, 0.2) is 0 Å². The van der Waals surface area contributed by atoms with Gasteiger partial charge in [0, 0.05) is 19.8 Å². The van der Waals surface area contributed by atoms with Gasteiger partial charge in [0.1, 0.15) is 5.70 Å². The molecule has 0 aromatic heterocycles. The van der Waals surface area contributed by atoms with Crippen molar-refractivity contribution >= 4 is 5.97 Å². The summed E-state index contributed by atoms with van der Waals surface area (Å²) in [7, 11) is 2.25. The number of allylic oxidation sites excluding steroid dienone is 4. The molecule has 3 heteroatoms. The summed E-state index contributed by atoms with van der Waals surface area (Å²) >= 11 is 0. The molecule has 120 valence electrons. The molecule has 1 aliphatic heterocycles. The predicted octanol–water partition coefficient (Wildman–Crippen LogP) is 4.36. The van der Waals surface area contributed by atoms with Gasteiger partial charge in [0.25, 0.3) is 0 Å². The summed E-state index contributed by atoms with van der Waals surface area (Å²) < 4.78 is 0.823. The number of carbonyl (C=O) groups is 1. The van der Waals surface area contributed by atoms with Crippen LogP contribution < -0.4 is 0 Å². The number of aliphatic carboxylic acids is 1. The summed E-state index contributed by atoms with van der Waals surface area (Å²) in [5, 5.41) is 9.54. The fourth-order valence-electron chi connectivity index (χ4n) is 3.10. The van der Waals surface area contributed by atoms with Crippen LogP contribution in [0.25, 0.3) is 0 Å². The molecule has 2 atom stereocenters. The zero-order valence-corrected chi connectivity index (χ0v) is 14.6. The molecular weight excluding hydrogens is 262 g/mol. The minimum absolute atomic E-state index is 0.0495. The number of carboxylic acids is 1. The second-order valence-corrected chi connectivity index (χ2v) is 7.49. The van der Waals surface area contributed by atoms with Crippen LogP contribution in [0.3, 0.4) is 0 Å². The molecule has 1 heterocycles. The van der Waals surface area contributed by atoms with Crippen LogP contribution in [0.2, 0.25) is 0 Å². The van der Waals surface area contributed by atoms with E-state index in [2.05, 4.69) is 53.0 Å². The standard InChI is InChI=1S/C18H31NO2/c1-7-8-9-10-15(2)19(6)14-13-18(5,16(20)21)12-11-17(19,3)4/h8-10H,7,11-14H2,1-6H3/p+1/b9-8-,15-10+. The van der Waals surface area contributed by atoms with E-state index in [0.29, 0.717) is 0 Å². The zero-order valence-electron chi connectivity index (χ0n) is 14.6. The number of hydrogen-bond donors (Lipinski definition) is 1. The maximum atomic E-state index is 11.6. The third-order valence-electron chi connectivity index (χ3n) is 5.74. The molecule has 0 aliphatic carbocycles. The maximum absolute atomic E-state index is 11.6. The second kappa shape index (κ2) is 6.35. The summed E-state index contributed by atoms with van der Waals surface area (Å²) in [4.78, 5) is 11.6. The molecule has 1 rings (SSSR count). The van der Waals surface area contributed by atoms with E-state index in [0.717, 1.165) is 36.7 Å². The molecule has 2 unspecified atom stereocenters. The van der Waals surface area contributed by atoms with E-state index >= 15 is 0 Å². The summed E-state index contributed by atoms with van der Waals surface area (Å²) in [5.74, 6) is -0.653. The van der Waals surface area contributed by atoms with Crippen molar-refractivity contribution in [3.8, 4) is 0 Å². The average molecular weight is 294 g/mol. The molecule has 3 nitrogen and oxygen atoms in total.